The summed E-state index contributed by atoms with van der Waals surface area (Å²) in [6.45, 7) is 4.10. The molecule has 0 radical (unpaired) electrons. The van der Waals surface area contributed by atoms with Crippen molar-refractivity contribution in [2.75, 3.05) is 6.61 Å². The molecule has 0 amide bonds. The Morgan fingerprint density at radius 3 is 2.56 bits per heavy atom. The molecule has 0 bridgehead atoms. The maximum Gasteiger partial charge on any atom is 0.276 e. The van der Waals surface area contributed by atoms with Gasteiger partial charge in [-0.3, -0.25) is 0 Å². The Hall–Kier alpha value is -1.56. The molecular weight excluding hydrogens is 228 g/mol. The zero-order valence-corrected chi connectivity index (χ0v) is 9.99. The van der Waals surface area contributed by atoms with Crippen LogP contribution in [0.5, 0.6) is 0 Å². The van der Waals surface area contributed by atoms with E-state index in [0.29, 0.717) is 6.61 Å². The van der Waals surface area contributed by atoms with Crippen LogP contribution in [0.15, 0.2) is 34.3 Å². The summed E-state index contributed by atoms with van der Waals surface area (Å²) in [5.41, 5.74) is 0.997. The van der Waals surface area contributed by atoms with Crippen molar-refractivity contribution < 1.29 is 13.2 Å². The van der Waals surface area contributed by atoms with E-state index in [0.717, 1.165) is 12.0 Å². The Kier molecular flexibility index (Phi) is 4.30. The summed E-state index contributed by atoms with van der Waals surface area (Å²) < 4.78 is 28.0. The second-order valence-corrected chi connectivity index (χ2v) is 4.76. The highest BCUT2D eigenvalue weighted by Crippen LogP contribution is 2.09. The van der Waals surface area contributed by atoms with Gasteiger partial charge >= 0.3 is 0 Å². The monoisotopic (exact) mass is 242 g/mol. The number of benzene rings is 1. The summed E-state index contributed by atoms with van der Waals surface area (Å²) in [6, 6.07) is 6.49. The number of nitrogens with one attached hydrogen (secondary N) is 1. The molecule has 0 aliphatic rings. The summed E-state index contributed by atoms with van der Waals surface area (Å²) in [6.07, 6.45) is 1.06. The number of hydrogen-bond donors (Lipinski definition) is 1. The molecule has 0 aliphatic heterocycles. The molecule has 1 aromatic rings. The highest BCUT2D eigenvalue weighted by Gasteiger charge is 2.11. The topological polar surface area (TPSA) is 67.8 Å². The van der Waals surface area contributed by atoms with Crippen LogP contribution in [0.2, 0.25) is 0 Å². The van der Waals surface area contributed by atoms with Gasteiger partial charge in [0.2, 0.25) is 0 Å². The Labute approximate surface area is 95.2 Å². The van der Waals surface area contributed by atoms with Crippen molar-refractivity contribution in [3.05, 3.63) is 29.8 Å². The third-order valence-corrected chi connectivity index (χ3v) is 3.04. The number of sulfonamides is 1. The molecular formula is C10H14N2O3S. The quantitative estimate of drug-likeness (QED) is 0.480. The normalized spacial score (nSPS) is 11.6. The van der Waals surface area contributed by atoms with Crippen LogP contribution in [0.3, 0.4) is 0 Å². The summed E-state index contributed by atoms with van der Waals surface area (Å²) in [5, 5.41) is 3.45. The number of hydrazone groups is 1. The fraction of sp³-hybridized carbons (Fsp3) is 0.300. The molecule has 6 heteroatoms. The lowest BCUT2D eigenvalue weighted by atomic mass is 10.2. The first kappa shape index (κ1) is 12.5. The molecule has 0 aliphatic carbocycles. The highest BCUT2D eigenvalue weighted by molar-refractivity contribution is 7.89. The molecule has 1 rings (SSSR count). The third kappa shape index (κ3) is 3.54. The van der Waals surface area contributed by atoms with Gasteiger partial charge in [0.25, 0.3) is 10.0 Å². The Balaban J connectivity index is 2.74. The highest BCUT2D eigenvalue weighted by atomic mass is 32.2. The maximum absolute atomic E-state index is 11.6. The largest absolute Gasteiger partial charge is 0.482 e. The minimum atomic E-state index is -3.59. The molecule has 0 saturated carbocycles. The molecule has 1 aromatic carbocycles. The minimum Gasteiger partial charge on any atom is -0.482 e. The van der Waals surface area contributed by atoms with Crippen LogP contribution >= 0.6 is 0 Å². The molecule has 88 valence electrons. The fourth-order valence-electron chi connectivity index (χ4n) is 0.973. The van der Waals surface area contributed by atoms with Crippen LogP contribution in [0.4, 0.5) is 0 Å². The molecule has 0 fully saturated rings. The van der Waals surface area contributed by atoms with Crippen LogP contribution in [0, 0.1) is 6.92 Å². The number of aryl methyl sites for hydroxylation is 1. The van der Waals surface area contributed by atoms with Crippen molar-refractivity contribution in [1.29, 1.82) is 0 Å². The number of hydrogen-bond acceptors (Lipinski definition) is 4. The van der Waals surface area contributed by atoms with Crippen molar-refractivity contribution in [1.82, 2.24) is 4.83 Å². The van der Waals surface area contributed by atoms with Crippen LogP contribution in [0.1, 0.15) is 12.5 Å². The van der Waals surface area contributed by atoms with Gasteiger partial charge in [-0.1, -0.05) is 17.7 Å². The van der Waals surface area contributed by atoms with Crippen LogP contribution < -0.4 is 4.83 Å². The fourth-order valence-corrected chi connectivity index (χ4v) is 1.75. The zero-order valence-electron chi connectivity index (χ0n) is 9.17. The van der Waals surface area contributed by atoms with Gasteiger partial charge in [-0.25, -0.2) is 0 Å². The average molecular weight is 242 g/mol. The molecule has 5 nitrogen and oxygen atoms in total. The lowest BCUT2D eigenvalue weighted by Gasteiger charge is -2.03. The average Bonchev–Trinajstić information content (AvgIpc) is 2.25. The number of nitrogens with zero attached hydrogens (tertiary/aromatic N) is 1. The summed E-state index contributed by atoms with van der Waals surface area (Å²) >= 11 is 0. The molecule has 16 heavy (non-hydrogen) atoms. The van der Waals surface area contributed by atoms with Crippen LogP contribution in [-0.2, 0) is 14.8 Å². The van der Waals surface area contributed by atoms with Crippen molar-refractivity contribution >= 4 is 16.4 Å². The Morgan fingerprint density at radius 2 is 2.00 bits per heavy atom. The van der Waals surface area contributed by atoms with Crippen LogP contribution in [0.25, 0.3) is 0 Å². The van der Waals surface area contributed by atoms with E-state index in [1.54, 1.807) is 19.1 Å². The van der Waals surface area contributed by atoms with E-state index in [4.69, 9.17) is 4.74 Å². The lowest BCUT2D eigenvalue weighted by Crippen LogP contribution is -2.18. The first-order valence-electron chi connectivity index (χ1n) is 4.78. The van der Waals surface area contributed by atoms with Gasteiger partial charge in [0, 0.05) is 0 Å². The molecule has 1 N–H and O–H groups in total. The Morgan fingerprint density at radius 1 is 1.38 bits per heavy atom. The first-order valence-corrected chi connectivity index (χ1v) is 6.26. The minimum absolute atomic E-state index is 0.173. The van der Waals surface area contributed by atoms with E-state index in [-0.39, 0.29) is 4.90 Å². The van der Waals surface area contributed by atoms with Gasteiger partial charge in [-0.15, -0.1) is 5.10 Å². The lowest BCUT2D eigenvalue weighted by molar-refractivity contribution is 0.341. The van der Waals surface area contributed by atoms with E-state index in [2.05, 4.69) is 5.10 Å². The number of rotatable bonds is 5. The third-order valence-electron chi connectivity index (χ3n) is 1.80. The summed E-state index contributed by atoms with van der Waals surface area (Å²) in [4.78, 5) is 2.22. The Bertz CT molecular complexity index is 451. The summed E-state index contributed by atoms with van der Waals surface area (Å²) in [7, 11) is -3.59. The van der Waals surface area contributed by atoms with E-state index >= 15 is 0 Å². The SMILES string of the molecule is CCOC=NNS(=O)(=O)c1ccc(C)cc1. The second kappa shape index (κ2) is 5.50. The van der Waals surface area contributed by atoms with Crippen molar-refractivity contribution in [3.8, 4) is 0 Å². The predicted molar refractivity (Wildman–Crippen MR) is 61.6 cm³/mol. The maximum atomic E-state index is 11.6. The smallest absolute Gasteiger partial charge is 0.276 e. The zero-order chi connectivity index (χ0) is 12.0. The standard InChI is InChI=1S/C10H14N2O3S/c1-3-15-8-11-12-16(13,14)10-6-4-9(2)5-7-10/h4-8,12H,3H2,1-2H3. The van der Waals surface area contributed by atoms with Gasteiger partial charge in [-0.05, 0) is 26.0 Å². The summed E-state index contributed by atoms with van der Waals surface area (Å²) in [5.74, 6) is 0. The van der Waals surface area contributed by atoms with Gasteiger partial charge in [0.15, 0.2) is 6.40 Å². The molecule has 0 spiro atoms. The first-order chi connectivity index (χ1) is 7.56. The predicted octanol–water partition coefficient (Wildman–Crippen LogP) is 1.25. The van der Waals surface area contributed by atoms with E-state index in [1.807, 2.05) is 11.8 Å². The van der Waals surface area contributed by atoms with E-state index in [9.17, 15) is 8.42 Å². The molecule has 0 saturated heterocycles. The van der Waals surface area contributed by atoms with Gasteiger partial charge in [-0.2, -0.15) is 13.2 Å². The van der Waals surface area contributed by atoms with Crippen molar-refractivity contribution in [2.24, 2.45) is 5.10 Å². The van der Waals surface area contributed by atoms with Crippen molar-refractivity contribution in [2.45, 2.75) is 18.7 Å². The van der Waals surface area contributed by atoms with Crippen molar-refractivity contribution in [3.63, 3.8) is 0 Å². The van der Waals surface area contributed by atoms with Gasteiger partial charge in [0.05, 0.1) is 11.5 Å². The van der Waals surface area contributed by atoms with Crippen LogP contribution in [-0.4, -0.2) is 21.4 Å². The molecule has 0 unspecified atom stereocenters. The van der Waals surface area contributed by atoms with Gasteiger partial charge < -0.3 is 4.74 Å². The second-order valence-electron chi connectivity index (χ2n) is 3.10. The van der Waals surface area contributed by atoms with E-state index < -0.39 is 10.0 Å². The molecule has 0 aromatic heterocycles. The van der Waals surface area contributed by atoms with Gasteiger partial charge in [0.1, 0.15) is 0 Å². The molecule has 0 heterocycles. The number of ether oxygens (including phenoxy) is 1. The van der Waals surface area contributed by atoms with E-state index in [1.165, 1.54) is 12.1 Å². The molecule has 0 atom stereocenters.